The van der Waals surface area contributed by atoms with E-state index >= 15 is 0 Å². The summed E-state index contributed by atoms with van der Waals surface area (Å²) in [6.07, 6.45) is 4.03. The van der Waals surface area contributed by atoms with Crippen molar-refractivity contribution in [2.24, 2.45) is 5.84 Å². The molecule has 1 heterocycles. The lowest BCUT2D eigenvalue weighted by Gasteiger charge is -2.05. The number of anilines is 1. The molecule has 0 radical (unpaired) electrons. The Kier molecular flexibility index (Phi) is 4.32. The lowest BCUT2D eigenvalue weighted by molar-refractivity contribution is 0.794. The minimum Gasteiger partial charge on any atom is -0.308 e. The van der Waals surface area contributed by atoms with E-state index < -0.39 is 0 Å². The second-order valence-corrected chi connectivity index (χ2v) is 3.31. The maximum absolute atomic E-state index is 5.34. The summed E-state index contributed by atoms with van der Waals surface area (Å²) >= 11 is 0. The normalized spacial score (nSPS) is 10.2. The average Bonchev–Trinajstić information content (AvgIpc) is 2.18. The minimum absolute atomic E-state index is 0.715. The average molecular weight is 194 g/mol. The summed E-state index contributed by atoms with van der Waals surface area (Å²) in [5.74, 6) is 6.94. The molecule has 0 aliphatic carbocycles. The van der Waals surface area contributed by atoms with E-state index in [1.807, 2.05) is 6.07 Å². The molecule has 0 aliphatic rings. The highest BCUT2D eigenvalue weighted by Crippen LogP contribution is 2.08. The molecule has 0 spiro atoms. The molecule has 0 unspecified atom stereocenters. The third-order valence-corrected chi connectivity index (χ3v) is 1.95. The van der Waals surface area contributed by atoms with Crippen LogP contribution in [-0.4, -0.2) is 9.97 Å². The maximum Gasteiger partial charge on any atom is 0.143 e. The van der Waals surface area contributed by atoms with E-state index in [1.165, 1.54) is 0 Å². The van der Waals surface area contributed by atoms with Crippen LogP contribution in [-0.2, 0) is 12.8 Å². The van der Waals surface area contributed by atoms with Crippen LogP contribution in [0.3, 0.4) is 0 Å². The molecule has 14 heavy (non-hydrogen) atoms. The maximum atomic E-state index is 5.34. The summed E-state index contributed by atoms with van der Waals surface area (Å²) in [6, 6.07) is 1.91. The molecule has 4 heteroatoms. The van der Waals surface area contributed by atoms with Crippen molar-refractivity contribution in [3.63, 3.8) is 0 Å². The van der Waals surface area contributed by atoms with Crippen LogP contribution < -0.4 is 11.3 Å². The summed E-state index contributed by atoms with van der Waals surface area (Å²) < 4.78 is 0. The van der Waals surface area contributed by atoms with Crippen LogP contribution in [0.1, 0.15) is 38.2 Å². The molecular weight excluding hydrogens is 176 g/mol. The fraction of sp³-hybridized carbons (Fsp3) is 0.600. The van der Waals surface area contributed by atoms with Gasteiger partial charge < -0.3 is 5.43 Å². The SMILES string of the molecule is CCCc1cc(NN)nc(CCC)n1. The minimum atomic E-state index is 0.715. The molecule has 4 nitrogen and oxygen atoms in total. The van der Waals surface area contributed by atoms with E-state index in [9.17, 15) is 0 Å². The first kappa shape index (κ1) is 10.9. The van der Waals surface area contributed by atoms with Gasteiger partial charge in [-0.15, -0.1) is 0 Å². The van der Waals surface area contributed by atoms with E-state index in [0.29, 0.717) is 5.82 Å². The van der Waals surface area contributed by atoms with E-state index in [4.69, 9.17) is 5.84 Å². The summed E-state index contributed by atoms with van der Waals surface area (Å²) in [5, 5.41) is 0. The summed E-state index contributed by atoms with van der Waals surface area (Å²) in [7, 11) is 0. The zero-order chi connectivity index (χ0) is 10.4. The Morgan fingerprint density at radius 3 is 2.50 bits per heavy atom. The van der Waals surface area contributed by atoms with Crippen LogP contribution in [0.25, 0.3) is 0 Å². The van der Waals surface area contributed by atoms with Gasteiger partial charge in [0.1, 0.15) is 11.6 Å². The predicted octanol–water partition coefficient (Wildman–Crippen LogP) is 1.67. The smallest absolute Gasteiger partial charge is 0.143 e. The molecule has 0 bridgehead atoms. The van der Waals surface area contributed by atoms with Crippen molar-refractivity contribution in [3.8, 4) is 0 Å². The number of rotatable bonds is 5. The van der Waals surface area contributed by atoms with Crippen molar-refractivity contribution in [2.75, 3.05) is 5.43 Å². The highest BCUT2D eigenvalue weighted by atomic mass is 15.3. The zero-order valence-corrected chi connectivity index (χ0v) is 8.88. The van der Waals surface area contributed by atoms with Gasteiger partial charge in [0, 0.05) is 18.2 Å². The quantitative estimate of drug-likeness (QED) is 0.553. The Hall–Kier alpha value is -1.16. The van der Waals surface area contributed by atoms with Gasteiger partial charge in [0.25, 0.3) is 0 Å². The van der Waals surface area contributed by atoms with Gasteiger partial charge in [0.2, 0.25) is 0 Å². The first-order valence-corrected chi connectivity index (χ1v) is 5.13. The van der Waals surface area contributed by atoms with Crippen LogP contribution >= 0.6 is 0 Å². The molecule has 0 atom stereocenters. The second-order valence-electron chi connectivity index (χ2n) is 3.31. The van der Waals surface area contributed by atoms with E-state index in [0.717, 1.165) is 37.2 Å². The molecule has 1 aromatic rings. The molecular formula is C10H18N4. The number of aryl methyl sites for hydroxylation is 2. The lowest BCUT2D eigenvalue weighted by Crippen LogP contribution is -2.11. The largest absolute Gasteiger partial charge is 0.308 e. The zero-order valence-electron chi connectivity index (χ0n) is 8.88. The highest BCUT2D eigenvalue weighted by Gasteiger charge is 2.02. The fourth-order valence-corrected chi connectivity index (χ4v) is 1.35. The van der Waals surface area contributed by atoms with Crippen molar-refractivity contribution in [1.29, 1.82) is 0 Å². The molecule has 78 valence electrons. The number of nitrogens with one attached hydrogen (secondary N) is 1. The number of nitrogens with zero attached hydrogens (tertiary/aromatic N) is 2. The van der Waals surface area contributed by atoms with Crippen molar-refractivity contribution in [2.45, 2.75) is 39.5 Å². The lowest BCUT2D eigenvalue weighted by atomic mass is 10.2. The number of aromatic nitrogens is 2. The van der Waals surface area contributed by atoms with Gasteiger partial charge in [-0.2, -0.15) is 0 Å². The van der Waals surface area contributed by atoms with Gasteiger partial charge in [-0.1, -0.05) is 20.3 Å². The van der Waals surface area contributed by atoms with Crippen LogP contribution in [0.5, 0.6) is 0 Å². The van der Waals surface area contributed by atoms with E-state index in [2.05, 4.69) is 29.2 Å². The second kappa shape index (κ2) is 5.54. The number of nitrogen functional groups attached to an aromatic ring is 1. The Balaban J connectivity index is 2.88. The molecule has 0 fully saturated rings. The topological polar surface area (TPSA) is 63.8 Å². The van der Waals surface area contributed by atoms with E-state index in [1.54, 1.807) is 0 Å². The van der Waals surface area contributed by atoms with Crippen LogP contribution in [0.4, 0.5) is 5.82 Å². The van der Waals surface area contributed by atoms with Crippen molar-refractivity contribution < 1.29 is 0 Å². The molecule has 3 N–H and O–H groups in total. The van der Waals surface area contributed by atoms with Gasteiger partial charge in [-0.3, -0.25) is 0 Å². The molecule has 0 aromatic carbocycles. The van der Waals surface area contributed by atoms with Crippen molar-refractivity contribution >= 4 is 5.82 Å². The van der Waals surface area contributed by atoms with Gasteiger partial charge in [0.15, 0.2) is 0 Å². The Morgan fingerprint density at radius 2 is 1.93 bits per heavy atom. The number of nitrogens with two attached hydrogens (primary N) is 1. The van der Waals surface area contributed by atoms with Crippen LogP contribution in [0.15, 0.2) is 6.07 Å². The molecule has 1 rings (SSSR count). The van der Waals surface area contributed by atoms with Crippen LogP contribution in [0.2, 0.25) is 0 Å². The third kappa shape index (κ3) is 2.96. The van der Waals surface area contributed by atoms with Crippen LogP contribution in [0, 0.1) is 0 Å². The van der Waals surface area contributed by atoms with Crippen molar-refractivity contribution in [3.05, 3.63) is 17.6 Å². The molecule has 0 aliphatic heterocycles. The van der Waals surface area contributed by atoms with Gasteiger partial charge in [-0.25, -0.2) is 15.8 Å². The molecule has 0 amide bonds. The monoisotopic (exact) mass is 194 g/mol. The van der Waals surface area contributed by atoms with Gasteiger partial charge in [-0.05, 0) is 12.8 Å². The number of hydrogen-bond acceptors (Lipinski definition) is 4. The number of hydrazine groups is 1. The Labute approximate surface area is 84.9 Å². The fourth-order valence-electron chi connectivity index (χ4n) is 1.35. The van der Waals surface area contributed by atoms with Gasteiger partial charge in [0.05, 0.1) is 0 Å². The molecule has 0 saturated heterocycles. The predicted molar refractivity (Wildman–Crippen MR) is 57.8 cm³/mol. The summed E-state index contributed by atoms with van der Waals surface area (Å²) in [6.45, 7) is 4.25. The first-order valence-electron chi connectivity index (χ1n) is 5.13. The van der Waals surface area contributed by atoms with Crippen molar-refractivity contribution in [1.82, 2.24) is 9.97 Å². The first-order chi connectivity index (χ1) is 6.80. The highest BCUT2D eigenvalue weighted by molar-refractivity contribution is 5.34. The van der Waals surface area contributed by atoms with E-state index in [-0.39, 0.29) is 0 Å². The number of hydrogen-bond donors (Lipinski definition) is 2. The third-order valence-electron chi connectivity index (χ3n) is 1.95. The Bertz CT molecular complexity index is 261. The van der Waals surface area contributed by atoms with Gasteiger partial charge >= 0.3 is 0 Å². The summed E-state index contributed by atoms with van der Waals surface area (Å²) in [5.41, 5.74) is 3.64. The standard InChI is InChI=1S/C10H18N4/c1-3-5-8-7-10(14-11)13-9(12-8)6-4-2/h7H,3-6,11H2,1-2H3,(H,12,13,14). The summed E-state index contributed by atoms with van der Waals surface area (Å²) in [4.78, 5) is 8.73. The molecule has 1 aromatic heterocycles. The molecule has 0 saturated carbocycles. The Morgan fingerprint density at radius 1 is 1.21 bits per heavy atom.